The van der Waals surface area contributed by atoms with Gasteiger partial charge in [-0.3, -0.25) is 19.3 Å². The normalized spacial score (nSPS) is 26.5. The molecule has 160 valence electrons. The van der Waals surface area contributed by atoms with E-state index in [-0.39, 0.29) is 60.1 Å². The molecule has 9 heteroatoms. The number of hydrogen-bond donors (Lipinski definition) is 1. The molecule has 0 spiro atoms. The van der Waals surface area contributed by atoms with Crippen molar-refractivity contribution in [2.75, 3.05) is 20.2 Å². The Labute approximate surface area is 172 Å². The van der Waals surface area contributed by atoms with Gasteiger partial charge in [-0.1, -0.05) is 18.2 Å². The summed E-state index contributed by atoms with van der Waals surface area (Å²) >= 11 is 0. The standard InChI is InChI=1S/C21H22F2N2O5/c1-29-15-8-11(2-5-14(15)30-21(22)23)6-7-24-16(26)10-25-19(27)17-12-3-4-13(9-12)18(17)20(25)28/h2-5,8,12-13,17-18,21H,6-7,9-10H2,1H3,(H,24,26)/t12-,13-,17-,18+/m0/s1. The van der Waals surface area contributed by atoms with Gasteiger partial charge in [-0.15, -0.1) is 0 Å². The molecule has 1 heterocycles. The minimum Gasteiger partial charge on any atom is -0.493 e. The number of amides is 3. The largest absolute Gasteiger partial charge is 0.493 e. The quantitative estimate of drug-likeness (QED) is 0.512. The first kappa shape index (κ1) is 20.3. The smallest absolute Gasteiger partial charge is 0.387 e. The maximum absolute atomic E-state index is 12.6. The first-order chi connectivity index (χ1) is 14.4. The number of alkyl halides is 2. The number of halogens is 2. The number of fused-ring (bicyclic) bond motifs is 5. The number of rotatable bonds is 8. The number of ether oxygens (including phenoxy) is 2. The number of hydrogen-bond acceptors (Lipinski definition) is 5. The molecular weight excluding hydrogens is 398 g/mol. The van der Waals surface area contributed by atoms with Gasteiger partial charge in [0.05, 0.1) is 18.9 Å². The topological polar surface area (TPSA) is 84.9 Å². The van der Waals surface area contributed by atoms with Crippen molar-refractivity contribution in [1.29, 1.82) is 0 Å². The second kappa shape index (κ2) is 8.04. The molecule has 0 aromatic heterocycles. The molecule has 1 N–H and O–H groups in total. The summed E-state index contributed by atoms with van der Waals surface area (Å²) in [6.45, 7) is -2.98. The van der Waals surface area contributed by atoms with Gasteiger partial charge in [-0.2, -0.15) is 8.78 Å². The summed E-state index contributed by atoms with van der Waals surface area (Å²) < 4.78 is 34.2. The number of carbonyl (C=O) groups is 3. The van der Waals surface area contributed by atoms with E-state index in [4.69, 9.17) is 4.74 Å². The Bertz CT molecular complexity index is 873. The molecule has 2 aliphatic carbocycles. The van der Waals surface area contributed by atoms with Crippen molar-refractivity contribution >= 4 is 17.7 Å². The first-order valence-electron chi connectivity index (χ1n) is 9.81. The fourth-order valence-corrected chi connectivity index (χ4v) is 4.73. The van der Waals surface area contributed by atoms with Gasteiger partial charge in [0.25, 0.3) is 0 Å². The summed E-state index contributed by atoms with van der Waals surface area (Å²) in [4.78, 5) is 38.6. The highest BCUT2D eigenvalue weighted by molar-refractivity contribution is 6.08. The van der Waals surface area contributed by atoms with E-state index in [2.05, 4.69) is 10.1 Å². The SMILES string of the molecule is COc1cc(CCNC(=O)CN2C(=O)[C@@H]3[C@H](C2=O)[C@H]2C=C[C@H]3C2)ccc1OC(F)F. The van der Waals surface area contributed by atoms with Crippen LogP contribution in [0.25, 0.3) is 0 Å². The van der Waals surface area contributed by atoms with Crippen molar-refractivity contribution < 1.29 is 32.6 Å². The summed E-state index contributed by atoms with van der Waals surface area (Å²) in [5.74, 6) is -1.24. The molecule has 3 amide bonds. The van der Waals surface area contributed by atoms with E-state index < -0.39 is 12.5 Å². The lowest BCUT2D eigenvalue weighted by atomic mass is 9.85. The molecule has 0 radical (unpaired) electrons. The second-order valence-corrected chi connectivity index (χ2v) is 7.73. The minimum absolute atomic E-state index is 0.0691. The Morgan fingerprint density at radius 3 is 2.43 bits per heavy atom. The molecule has 4 atom stereocenters. The Morgan fingerprint density at radius 1 is 1.17 bits per heavy atom. The second-order valence-electron chi connectivity index (χ2n) is 7.73. The monoisotopic (exact) mass is 420 g/mol. The number of methoxy groups -OCH3 is 1. The van der Waals surface area contributed by atoms with Crippen molar-refractivity contribution in [1.82, 2.24) is 10.2 Å². The lowest BCUT2D eigenvalue weighted by Gasteiger charge is -2.17. The van der Waals surface area contributed by atoms with E-state index in [0.29, 0.717) is 6.42 Å². The predicted octanol–water partition coefficient (Wildman–Crippen LogP) is 1.76. The zero-order valence-corrected chi connectivity index (χ0v) is 16.3. The fraction of sp³-hybridized carbons (Fsp3) is 0.476. The molecule has 30 heavy (non-hydrogen) atoms. The third-order valence-corrected chi connectivity index (χ3v) is 6.04. The summed E-state index contributed by atoms with van der Waals surface area (Å²) in [6, 6.07) is 4.54. The van der Waals surface area contributed by atoms with Crippen LogP contribution in [0, 0.1) is 23.7 Å². The van der Waals surface area contributed by atoms with Gasteiger partial charge in [0.2, 0.25) is 17.7 Å². The highest BCUT2D eigenvalue weighted by Crippen LogP contribution is 2.52. The van der Waals surface area contributed by atoms with E-state index in [1.807, 2.05) is 12.2 Å². The van der Waals surface area contributed by atoms with Crippen LogP contribution < -0.4 is 14.8 Å². The number of nitrogens with zero attached hydrogens (tertiary/aromatic N) is 1. The van der Waals surface area contributed by atoms with Crippen molar-refractivity contribution in [3.05, 3.63) is 35.9 Å². The van der Waals surface area contributed by atoms with Gasteiger partial charge in [-0.25, -0.2) is 0 Å². The van der Waals surface area contributed by atoms with Crippen molar-refractivity contribution in [3.8, 4) is 11.5 Å². The Hall–Kier alpha value is -2.97. The first-order valence-corrected chi connectivity index (χ1v) is 9.81. The molecule has 1 aromatic carbocycles. The van der Waals surface area contributed by atoms with Crippen molar-refractivity contribution in [3.63, 3.8) is 0 Å². The third-order valence-electron chi connectivity index (χ3n) is 6.04. The lowest BCUT2D eigenvalue weighted by molar-refractivity contribution is -0.144. The maximum Gasteiger partial charge on any atom is 0.387 e. The summed E-state index contributed by atoms with van der Waals surface area (Å²) in [6.07, 6.45) is 5.27. The average molecular weight is 420 g/mol. The van der Waals surface area contributed by atoms with Crippen LogP contribution in [0.4, 0.5) is 8.78 Å². The van der Waals surface area contributed by atoms with Crippen LogP contribution in [0.1, 0.15) is 12.0 Å². The van der Waals surface area contributed by atoms with Crippen molar-refractivity contribution in [2.24, 2.45) is 23.7 Å². The molecule has 0 unspecified atom stereocenters. The van der Waals surface area contributed by atoms with Gasteiger partial charge in [-0.05, 0) is 42.4 Å². The van der Waals surface area contributed by atoms with Crippen molar-refractivity contribution in [2.45, 2.75) is 19.5 Å². The molecule has 1 saturated heterocycles. The van der Waals surface area contributed by atoms with Crippen LogP contribution in [-0.4, -0.2) is 49.4 Å². The van der Waals surface area contributed by atoms with Gasteiger partial charge in [0.15, 0.2) is 11.5 Å². The maximum atomic E-state index is 12.6. The molecule has 3 aliphatic rings. The third kappa shape index (κ3) is 3.64. The molecule has 4 rings (SSSR count). The zero-order chi connectivity index (χ0) is 21.4. The zero-order valence-electron chi connectivity index (χ0n) is 16.3. The number of nitrogens with one attached hydrogen (secondary N) is 1. The van der Waals surface area contributed by atoms with Gasteiger partial charge >= 0.3 is 6.61 Å². The Morgan fingerprint density at radius 2 is 1.83 bits per heavy atom. The summed E-state index contributed by atoms with van der Waals surface area (Å²) in [7, 11) is 1.35. The van der Waals surface area contributed by atoms with Gasteiger partial charge < -0.3 is 14.8 Å². The molecule has 7 nitrogen and oxygen atoms in total. The molecule has 2 bridgehead atoms. The van der Waals surface area contributed by atoms with E-state index in [0.717, 1.165) is 16.9 Å². The predicted molar refractivity (Wildman–Crippen MR) is 101 cm³/mol. The minimum atomic E-state index is -2.95. The lowest BCUT2D eigenvalue weighted by Crippen LogP contribution is -2.42. The van der Waals surface area contributed by atoms with Crippen LogP contribution in [-0.2, 0) is 20.8 Å². The van der Waals surface area contributed by atoms with Crippen LogP contribution in [0.5, 0.6) is 11.5 Å². The van der Waals surface area contributed by atoms with Crippen LogP contribution >= 0.6 is 0 Å². The molecule has 1 aliphatic heterocycles. The van der Waals surface area contributed by atoms with E-state index >= 15 is 0 Å². The number of imide groups is 1. The molecule has 1 aromatic rings. The van der Waals surface area contributed by atoms with Crippen LogP contribution in [0.3, 0.4) is 0 Å². The molecular formula is C21H22F2N2O5. The van der Waals surface area contributed by atoms with E-state index in [1.54, 1.807) is 12.1 Å². The molecule has 2 fully saturated rings. The highest BCUT2D eigenvalue weighted by Gasteiger charge is 2.59. The number of allylic oxidation sites excluding steroid dienone is 2. The number of benzene rings is 1. The number of likely N-dealkylation sites (tertiary alicyclic amines) is 1. The average Bonchev–Trinajstić information content (AvgIpc) is 3.39. The van der Waals surface area contributed by atoms with Gasteiger partial charge in [0, 0.05) is 6.54 Å². The van der Waals surface area contributed by atoms with E-state index in [9.17, 15) is 23.2 Å². The fourth-order valence-electron chi connectivity index (χ4n) is 4.73. The van der Waals surface area contributed by atoms with Gasteiger partial charge in [0.1, 0.15) is 6.54 Å². The van der Waals surface area contributed by atoms with Crippen LogP contribution in [0.15, 0.2) is 30.4 Å². The molecule has 1 saturated carbocycles. The Balaban J connectivity index is 1.29. The summed E-state index contributed by atoms with van der Waals surface area (Å²) in [5, 5.41) is 2.69. The highest BCUT2D eigenvalue weighted by atomic mass is 19.3. The summed E-state index contributed by atoms with van der Waals surface area (Å²) in [5.41, 5.74) is 0.749. The Kier molecular flexibility index (Phi) is 5.44. The van der Waals surface area contributed by atoms with Crippen LogP contribution in [0.2, 0.25) is 0 Å². The van der Waals surface area contributed by atoms with E-state index in [1.165, 1.54) is 13.2 Å². The number of carbonyl (C=O) groups excluding carboxylic acids is 3.